The third-order valence-electron chi connectivity index (χ3n) is 1.85. The van der Waals surface area contributed by atoms with E-state index in [1.54, 1.807) is 0 Å². The molecular weight excluding hydrogens is 289 g/mol. The summed E-state index contributed by atoms with van der Waals surface area (Å²) in [5.41, 5.74) is 0.112. The second kappa shape index (κ2) is 5.03. The van der Waals surface area contributed by atoms with Gasteiger partial charge in [0.2, 0.25) is 10.4 Å². The van der Waals surface area contributed by atoms with Crippen LogP contribution < -0.4 is 0 Å². The minimum atomic E-state index is -2.17. The fourth-order valence-corrected chi connectivity index (χ4v) is 1.96. The smallest absolute Gasteiger partial charge is 0.228 e. The molecule has 0 N–H and O–H groups in total. The minimum Gasteiger partial charge on any atom is -0.290 e. The highest BCUT2D eigenvalue weighted by molar-refractivity contribution is 9.10. The van der Waals surface area contributed by atoms with Crippen LogP contribution in [0, 0.1) is 5.82 Å². The molecule has 0 aliphatic rings. The van der Waals surface area contributed by atoms with Crippen molar-refractivity contribution < 1.29 is 13.6 Å². The van der Waals surface area contributed by atoms with Gasteiger partial charge in [0, 0.05) is 17.9 Å². The van der Waals surface area contributed by atoms with Crippen molar-refractivity contribution >= 4 is 33.3 Å². The van der Waals surface area contributed by atoms with E-state index in [0.717, 1.165) is 12.1 Å². The molecule has 0 fully saturated rings. The van der Waals surface area contributed by atoms with Crippen LogP contribution in [-0.4, -0.2) is 16.2 Å². The molecule has 0 saturated carbocycles. The Kier molecular flexibility index (Phi) is 4.22. The molecule has 0 bridgehead atoms. The van der Waals surface area contributed by atoms with Gasteiger partial charge in [0.05, 0.1) is 0 Å². The SMILES string of the molecule is O=C(c1ccc(F)cc1)[C@](F)(Br)CCCl. The van der Waals surface area contributed by atoms with Crippen LogP contribution in [0.2, 0.25) is 0 Å². The number of carbonyl (C=O) groups excluding carboxylic acids is 1. The first-order valence-corrected chi connectivity index (χ1v) is 5.54. The second-order valence-electron chi connectivity index (χ2n) is 2.98. The number of carbonyl (C=O) groups is 1. The molecule has 82 valence electrons. The Balaban J connectivity index is 2.89. The Labute approximate surface area is 99.6 Å². The Morgan fingerprint density at radius 2 is 1.93 bits per heavy atom. The lowest BCUT2D eigenvalue weighted by Gasteiger charge is -2.15. The summed E-state index contributed by atoms with van der Waals surface area (Å²) in [5.74, 6) is -1.19. The van der Waals surface area contributed by atoms with Crippen LogP contribution in [0.15, 0.2) is 24.3 Å². The maximum absolute atomic E-state index is 13.7. The molecule has 1 atom stereocenters. The van der Waals surface area contributed by atoms with Crippen molar-refractivity contribution in [3.8, 4) is 0 Å². The molecule has 0 unspecified atom stereocenters. The first-order chi connectivity index (χ1) is 6.97. The fraction of sp³-hybridized carbons (Fsp3) is 0.300. The second-order valence-corrected chi connectivity index (χ2v) is 4.61. The monoisotopic (exact) mass is 296 g/mol. The van der Waals surface area contributed by atoms with E-state index in [-0.39, 0.29) is 17.9 Å². The number of halogens is 4. The zero-order chi connectivity index (χ0) is 11.5. The predicted octanol–water partition coefficient (Wildman–Crippen LogP) is 3.70. The first-order valence-electron chi connectivity index (χ1n) is 4.21. The van der Waals surface area contributed by atoms with E-state index in [1.807, 2.05) is 0 Å². The summed E-state index contributed by atoms with van der Waals surface area (Å²) in [4.78, 5) is 11.6. The van der Waals surface area contributed by atoms with Gasteiger partial charge >= 0.3 is 0 Å². The summed E-state index contributed by atoms with van der Waals surface area (Å²) >= 11 is 8.03. The highest BCUT2D eigenvalue weighted by atomic mass is 79.9. The largest absolute Gasteiger partial charge is 0.290 e. The van der Waals surface area contributed by atoms with Gasteiger partial charge in [0.1, 0.15) is 5.82 Å². The Morgan fingerprint density at radius 1 is 1.40 bits per heavy atom. The molecule has 0 aromatic heterocycles. The van der Waals surface area contributed by atoms with E-state index in [4.69, 9.17) is 11.6 Å². The van der Waals surface area contributed by atoms with Crippen molar-refractivity contribution in [2.24, 2.45) is 0 Å². The number of benzene rings is 1. The van der Waals surface area contributed by atoms with Crippen LogP contribution in [0.1, 0.15) is 16.8 Å². The van der Waals surface area contributed by atoms with E-state index < -0.39 is 16.2 Å². The van der Waals surface area contributed by atoms with Crippen molar-refractivity contribution in [3.05, 3.63) is 35.6 Å². The highest BCUT2D eigenvalue weighted by Gasteiger charge is 2.35. The minimum absolute atomic E-state index is 0.0225. The van der Waals surface area contributed by atoms with E-state index in [0.29, 0.717) is 0 Å². The van der Waals surface area contributed by atoms with Crippen molar-refractivity contribution in [1.29, 1.82) is 0 Å². The zero-order valence-electron chi connectivity index (χ0n) is 7.64. The fourth-order valence-electron chi connectivity index (χ4n) is 1.04. The maximum Gasteiger partial charge on any atom is 0.228 e. The quantitative estimate of drug-likeness (QED) is 0.612. The molecule has 1 nitrogen and oxygen atoms in total. The third-order valence-corrected chi connectivity index (χ3v) is 2.79. The lowest BCUT2D eigenvalue weighted by atomic mass is 10.1. The summed E-state index contributed by atoms with van der Waals surface area (Å²) in [7, 11) is 0. The number of alkyl halides is 3. The predicted molar refractivity (Wildman–Crippen MR) is 58.8 cm³/mol. The first kappa shape index (κ1) is 12.6. The Bertz CT molecular complexity index is 351. The van der Waals surface area contributed by atoms with Crippen LogP contribution in [0.25, 0.3) is 0 Å². The number of ketones is 1. The van der Waals surface area contributed by atoms with E-state index in [2.05, 4.69) is 15.9 Å². The number of rotatable bonds is 4. The number of hydrogen-bond donors (Lipinski definition) is 0. The molecule has 1 aromatic rings. The van der Waals surface area contributed by atoms with Crippen LogP contribution >= 0.6 is 27.5 Å². The van der Waals surface area contributed by atoms with E-state index >= 15 is 0 Å². The average Bonchev–Trinajstić information content (AvgIpc) is 2.18. The van der Waals surface area contributed by atoms with Gasteiger partial charge in [-0.15, -0.1) is 11.6 Å². The van der Waals surface area contributed by atoms with E-state index in [9.17, 15) is 13.6 Å². The van der Waals surface area contributed by atoms with Crippen molar-refractivity contribution in [2.75, 3.05) is 5.88 Å². The van der Waals surface area contributed by atoms with Gasteiger partial charge in [-0.05, 0) is 40.2 Å². The normalized spacial score (nSPS) is 14.7. The van der Waals surface area contributed by atoms with Gasteiger partial charge in [0.25, 0.3) is 0 Å². The third kappa shape index (κ3) is 3.24. The maximum atomic E-state index is 13.7. The van der Waals surface area contributed by atoms with E-state index in [1.165, 1.54) is 12.1 Å². The molecule has 0 saturated heterocycles. The summed E-state index contributed by atoms with van der Waals surface area (Å²) in [6.07, 6.45) is -0.134. The van der Waals surface area contributed by atoms with Gasteiger partial charge < -0.3 is 0 Å². The summed E-state index contributed by atoms with van der Waals surface area (Å²) in [6.45, 7) is 0. The molecule has 5 heteroatoms. The van der Waals surface area contributed by atoms with Gasteiger partial charge in [-0.1, -0.05) is 0 Å². The van der Waals surface area contributed by atoms with Gasteiger partial charge in [-0.25, -0.2) is 8.78 Å². The highest BCUT2D eigenvalue weighted by Crippen LogP contribution is 2.29. The van der Waals surface area contributed by atoms with Crippen LogP contribution in [0.3, 0.4) is 0 Å². The molecule has 0 heterocycles. The Morgan fingerprint density at radius 3 is 2.40 bits per heavy atom. The Hall–Kier alpha value is -0.480. The topological polar surface area (TPSA) is 17.1 Å². The molecule has 1 rings (SSSR count). The van der Waals surface area contributed by atoms with Gasteiger partial charge in [-0.2, -0.15) is 0 Å². The van der Waals surface area contributed by atoms with Crippen LogP contribution in [0.5, 0.6) is 0 Å². The summed E-state index contributed by atoms with van der Waals surface area (Å²) in [5, 5.41) is 0. The molecule has 0 radical (unpaired) electrons. The molecule has 0 aliphatic heterocycles. The summed E-state index contributed by atoms with van der Waals surface area (Å²) < 4.78 is 24.0. The summed E-state index contributed by atoms with van der Waals surface area (Å²) in [6, 6.07) is 4.69. The van der Waals surface area contributed by atoms with Crippen LogP contribution in [-0.2, 0) is 0 Å². The van der Waals surface area contributed by atoms with Crippen molar-refractivity contribution in [1.82, 2.24) is 0 Å². The van der Waals surface area contributed by atoms with Crippen molar-refractivity contribution in [2.45, 2.75) is 11.0 Å². The standard InChI is InChI=1S/C10H8BrClF2O/c11-10(14,5-6-12)9(15)7-1-3-8(13)4-2-7/h1-4H,5-6H2/t10-/m0/s1. The van der Waals surface area contributed by atoms with Gasteiger partial charge in [0.15, 0.2) is 0 Å². The molecule has 15 heavy (non-hydrogen) atoms. The zero-order valence-corrected chi connectivity index (χ0v) is 9.99. The van der Waals surface area contributed by atoms with Crippen molar-refractivity contribution in [3.63, 3.8) is 0 Å². The van der Waals surface area contributed by atoms with Crippen LogP contribution in [0.4, 0.5) is 8.78 Å². The molecule has 0 spiro atoms. The molecule has 1 aromatic carbocycles. The average molecular weight is 298 g/mol. The molecular formula is C10H8BrClF2O. The van der Waals surface area contributed by atoms with Gasteiger partial charge in [-0.3, -0.25) is 4.79 Å². The lowest BCUT2D eigenvalue weighted by molar-refractivity contribution is 0.0844. The number of Topliss-reactive ketones (excluding diaryl/α,β-unsaturated/α-hetero) is 1. The number of hydrogen-bond acceptors (Lipinski definition) is 1. The lowest BCUT2D eigenvalue weighted by Crippen LogP contribution is -2.27. The molecule has 0 aliphatic carbocycles. The molecule has 0 amide bonds.